The fourth-order valence-electron chi connectivity index (χ4n) is 1.10. The fraction of sp³-hybridized carbons (Fsp3) is 0.200. The number of nitrogens with two attached hydrogens (primary N) is 1. The minimum Gasteiger partial charge on any atom is -0.480 e. The highest BCUT2D eigenvalue weighted by Crippen LogP contribution is 2.16. The van der Waals surface area contributed by atoms with Crippen LogP contribution in [0.2, 0.25) is 0 Å². The Balaban J connectivity index is 2.88. The van der Waals surface area contributed by atoms with Gasteiger partial charge in [0.25, 0.3) is 0 Å². The quantitative estimate of drug-likeness (QED) is 0.645. The molecule has 0 bridgehead atoms. The first-order valence-corrected chi connectivity index (χ1v) is 4.22. The summed E-state index contributed by atoms with van der Waals surface area (Å²) in [4.78, 5) is 10.5. The number of nitriles is 1. The standard InChI is InChI=1S/C10H10N2O3/c11-5-6-1-3-7(4-2-6)9(13)8(12)10(14)15/h1-4,8-9,13H,12H2,(H,14,15)/t8-,9?/m0/s1. The Morgan fingerprint density at radius 1 is 1.40 bits per heavy atom. The predicted octanol–water partition coefficient (Wildman–Crippen LogP) is 0.00358. The van der Waals surface area contributed by atoms with Crippen molar-refractivity contribution in [3.63, 3.8) is 0 Å². The summed E-state index contributed by atoms with van der Waals surface area (Å²) in [6.45, 7) is 0. The van der Waals surface area contributed by atoms with Crippen LogP contribution in [0.4, 0.5) is 0 Å². The third-order valence-corrected chi connectivity index (χ3v) is 2.01. The second-order valence-corrected chi connectivity index (χ2v) is 3.04. The van der Waals surface area contributed by atoms with Crippen molar-refractivity contribution in [2.45, 2.75) is 12.1 Å². The van der Waals surface area contributed by atoms with Gasteiger partial charge in [-0.15, -0.1) is 0 Å². The predicted molar refractivity (Wildman–Crippen MR) is 51.7 cm³/mol. The van der Waals surface area contributed by atoms with E-state index in [1.165, 1.54) is 24.3 Å². The molecule has 1 unspecified atom stereocenters. The average Bonchev–Trinajstić information content (AvgIpc) is 2.27. The summed E-state index contributed by atoms with van der Waals surface area (Å²) in [5.74, 6) is -1.27. The lowest BCUT2D eigenvalue weighted by Crippen LogP contribution is -2.36. The van der Waals surface area contributed by atoms with E-state index in [2.05, 4.69) is 0 Å². The van der Waals surface area contributed by atoms with Gasteiger partial charge in [0.15, 0.2) is 0 Å². The molecule has 0 aliphatic carbocycles. The third-order valence-electron chi connectivity index (χ3n) is 2.01. The van der Waals surface area contributed by atoms with Crippen molar-refractivity contribution in [3.05, 3.63) is 35.4 Å². The van der Waals surface area contributed by atoms with Crippen LogP contribution in [0.1, 0.15) is 17.2 Å². The van der Waals surface area contributed by atoms with Gasteiger partial charge in [-0.1, -0.05) is 12.1 Å². The molecule has 0 heterocycles. The van der Waals surface area contributed by atoms with Crippen LogP contribution in [0, 0.1) is 11.3 Å². The van der Waals surface area contributed by atoms with Gasteiger partial charge >= 0.3 is 5.97 Å². The van der Waals surface area contributed by atoms with Crippen molar-refractivity contribution in [1.82, 2.24) is 0 Å². The van der Waals surface area contributed by atoms with Gasteiger partial charge in [-0.05, 0) is 17.7 Å². The molecule has 1 aromatic carbocycles. The molecule has 0 aliphatic rings. The van der Waals surface area contributed by atoms with Crippen LogP contribution in [0.15, 0.2) is 24.3 Å². The van der Waals surface area contributed by atoms with E-state index >= 15 is 0 Å². The Kier molecular flexibility index (Phi) is 3.39. The van der Waals surface area contributed by atoms with Gasteiger partial charge in [-0.25, -0.2) is 0 Å². The zero-order valence-corrected chi connectivity index (χ0v) is 7.79. The number of aliphatic carboxylic acids is 1. The Hall–Kier alpha value is -1.90. The van der Waals surface area contributed by atoms with Gasteiger partial charge in [0, 0.05) is 0 Å². The molecule has 2 atom stereocenters. The Morgan fingerprint density at radius 3 is 2.33 bits per heavy atom. The van der Waals surface area contributed by atoms with E-state index in [4.69, 9.17) is 16.1 Å². The first-order chi connectivity index (χ1) is 7.06. The molecular formula is C10H10N2O3. The summed E-state index contributed by atoms with van der Waals surface area (Å²) in [7, 11) is 0. The number of aliphatic hydroxyl groups excluding tert-OH is 1. The number of carboxylic acid groups (broad SMARTS) is 1. The number of rotatable bonds is 3. The van der Waals surface area contributed by atoms with Crippen molar-refractivity contribution in [3.8, 4) is 6.07 Å². The molecule has 4 N–H and O–H groups in total. The first kappa shape index (κ1) is 11.2. The second kappa shape index (κ2) is 4.55. The molecule has 15 heavy (non-hydrogen) atoms. The molecule has 1 rings (SSSR count). The van der Waals surface area contributed by atoms with Crippen molar-refractivity contribution < 1.29 is 15.0 Å². The van der Waals surface area contributed by atoms with E-state index in [0.29, 0.717) is 11.1 Å². The number of nitrogens with zero attached hydrogens (tertiary/aromatic N) is 1. The molecule has 0 saturated heterocycles. The summed E-state index contributed by atoms with van der Waals surface area (Å²) in [5, 5.41) is 26.6. The highest BCUT2D eigenvalue weighted by atomic mass is 16.4. The van der Waals surface area contributed by atoms with Crippen LogP contribution in [-0.2, 0) is 4.79 Å². The van der Waals surface area contributed by atoms with Crippen LogP contribution >= 0.6 is 0 Å². The van der Waals surface area contributed by atoms with E-state index in [1.807, 2.05) is 6.07 Å². The van der Waals surface area contributed by atoms with Crippen molar-refractivity contribution in [2.24, 2.45) is 5.73 Å². The van der Waals surface area contributed by atoms with Gasteiger partial charge in [0.05, 0.1) is 11.6 Å². The number of carbonyl (C=O) groups is 1. The van der Waals surface area contributed by atoms with Gasteiger partial charge in [-0.3, -0.25) is 4.79 Å². The summed E-state index contributed by atoms with van der Waals surface area (Å²) in [5.41, 5.74) is 6.07. The molecule has 0 amide bonds. The van der Waals surface area contributed by atoms with Crippen molar-refractivity contribution in [1.29, 1.82) is 5.26 Å². The third kappa shape index (κ3) is 2.53. The molecule has 78 valence electrons. The fourth-order valence-corrected chi connectivity index (χ4v) is 1.10. The largest absolute Gasteiger partial charge is 0.480 e. The lowest BCUT2D eigenvalue weighted by molar-refractivity contribution is -0.141. The number of hydrogen-bond acceptors (Lipinski definition) is 4. The van der Waals surface area contributed by atoms with Gasteiger partial charge in [0.1, 0.15) is 12.1 Å². The van der Waals surface area contributed by atoms with Gasteiger partial charge in [0.2, 0.25) is 0 Å². The monoisotopic (exact) mass is 206 g/mol. The summed E-state index contributed by atoms with van der Waals surface area (Å²) < 4.78 is 0. The first-order valence-electron chi connectivity index (χ1n) is 4.22. The van der Waals surface area contributed by atoms with Crippen LogP contribution in [0.25, 0.3) is 0 Å². The zero-order valence-electron chi connectivity index (χ0n) is 7.79. The molecule has 5 nitrogen and oxygen atoms in total. The number of hydrogen-bond donors (Lipinski definition) is 3. The maximum atomic E-state index is 10.5. The van der Waals surface area contributed by atoms with E-state index < -0.39 is 18.1 Å². The smallest absolute Gasteiger partial charge is 0.323 e. The summed E-state index contributed by atoms with van der Waals surface area (Å²) in [6, 6.07) is 6.50. The van der Waals surface area contributed by atoms with Crippen LogP contribution < -0.4 is 5.73 Å². The molecule has 0 fully saturated rings. The highest BCUT2D eigenvalue weighted by Gasteiger charge is 2.23. The molecule has 0 radical (unpaired) electrons. The topological polar surface area (TPSA) is 107 Å². The summed E-state index contributed by atoms with van der Waals surface area (Å²) >= 11 is 0. The van der Waals surface area contributed by atoms with Gasteiger partial charge in [-0.2, -0.15) is 5.26 Å². The Bertz CT molecular complexity index is 394. The van der Waals surface area contributed by atoms with Crippen LogP contribution in [0.5, 0.6) is 0 Å². The summed E-state index contributed by atoms with van der Waals surface area (Å²) in [6.07, 6.45) is -1.27. The maximum absolute atomic E-state index is 10.5. The van der Waals surface area contributed by atoms with Crippen LogP contribution in [0.3, 0.4) is 0 Å². The molecule has 0 spiro atoms. The highest BCUT2D eigenvalue weighted by molar-refractivity contribution is 5.74. The maximum Gasteiger partial charge on any atom is 0.323 e. The zero-order chi connectivity index (χ0) is 11.4. The average molecular weight is 206 g/mol. The van der Waals surface area contributed by atoms with E-state index in [0.717, 1.165) is 0 Å². The van der Waals surface area contributed by atoms with E-state index in [1.54, 1.807) is 0 Å². The number of benzene rings is 1. The second-order valence-electron chi connectivity index (χ2n) is 3.04. The SMILES string of the molecule is N#Cc1ccc(C(O)[C@H](N)C(=O)O)cc1. The lowest BCUT2D eigenvalue weighted by atomic mass is 10.0. The minimum atomic E-state index is -1.36. The minimum absolute atomic E-state index is 0.379. The molecule has 5 heteroatoms. The lowest BCUT2D eigenvalue weighted by Gasteiger charge is -2.14. The van der Waals surface area contributed by atoms with E-state index in [-0.39, 0.29) is 0 Å². The molecule has 0 aromatic heterocycles. The molecular weight excluding hydrogens is 196 g/mol. The van der Waals surface area contributed by atoms with Crippen molar-refractivity contribution >= 4 is 5.97 Å². The number of carboxylic acids is 1. The Morgan fingerprint density at radius 2 is 1.93 bits per heavy atom. The molecule has 0 aliphatic heterocycles. The molecule has 0 saturated carbocycles. The molecule has 1 aromatic rings. The number of aliphatic hydroxyl groups is 1. The normalized spacial score (nSPS) is 13.9. The Labute approximate surface area is 86.4 Å². The van der Waals surface area contributed by atoms with Crippen molar-refractivity contribution in [2.75, 3.05) is 0 Å². The van der Waals surface area contributed by atoms with Gasteiger partial charge < -0.3 is 15.9 Å². The van der Waals surface area contributed by atoms with Crippen LogP contribution in [-0.4, -0.2) is 22.2 Å². The van der Waals surface area contributed by atoms with E-state index in [9.17, 15) is 9.90 Å².